The fourth-order valence-electron chi connectivity index (χ4n) is 1.26. The van der Waals surface area contributed by atoms with Crippen LogP contribution in [0.5, 0.6) is 0 Å². The van der Waals surface area contributed by atoms with Gasteiger partial charge in [0, 0.05) is 12.8 Å². The SMILES string of the molecule is CN(C)CCc1ccc(S(C)(=O)=O)cc1. The first-order valence-electron chi connectivity index (χ1n) is 4.83. The van der Waals surface area contributed by atoms with Crippen molar-refractivity contribution >= 4 is 9.84 Å². The molecule has 4 heteroatoms. The summed E-state index contributed by atoms with van der Waals surface area (Å²) in [5, 5.41) is 0. The van der Waals surface area contributed by atoms with Crippen molar-refractivity contribution in [2.45, 2.75) is 11.3 Å². The van der Waals surface area contributed by atoms with Crippen LogP contribution in [-0.2, 0) is 16.3 Å². The highest BCUT2D eigenvalue weighted by Gasteiger charge is 2.05. The van der Waals surface area contributed by atoms with E-state index >= 15 is 0 Å². The minimum Gasteiger partial charge on any atom is -0.309 e. The molecule has 0 radical (unpaired) electrons. The Balaban J connectivity index is 2.73. The summed E-state index contributed by atoms with van der Waals surface area (Å²) in [7, 11) is 0.976. The summed E-state index contributed by atoms with van der Waals surface area (Å²) in [6, 6.07) is 7.08. The second-order valence-electron chi connectivity index (χ2n) is 3.97. The fraction of sp³-hybridized carbons (Fsp3) is 0.455. The van der Waals surface area contributed by atoms with Gasteiger partial charge in [-0.15, -0.1) is 0 Å². The Kier molecular flexibility index (Phi) is 3.88. The van der Waals surface area contributed by atoms with Crippen LogP contribution in [0, 0.1) is 0 Å². The lowest BCUT2D eigenvalue weighted by atomic mass is 10.1. The van der Waals surface area contributed by atoms with E-state index in [-0.39, 0.29) is 0 Å². The van der Waals surface area contributed by atoms with Crippen molar-refractivity contribution in [2.75, 3.05) is 26.9 Å². The van der Waals surface area contributed by atoms with E-state index in [9.17, 15) is 8.42 Å². The third kappa shape index (κ3) is 4.01. The molecule has 0 aliphatic rings. The number of rotatable bonds is 4. The smallest absolute Gasteiger partial charge is 0.175 e. The summed E-state index contributed by atoms with van der Waals surface area (Å²) in [6.07, 6.45) is 2.17. The highest BCUT2D eigenvalue weighted by Crippen LogP contribution is 2.10. The van der Waals surface area contributed by atoms with Gasteiger partial charge in [-0.25, -0.2) is 8.42 Å². The fourth-order valence-corrected chi connectivity index (χ4v) is 1.89. The predicted molar refractivity (Wildman–Crippen MR) is 61.8 cm³/mol. The van der Waals surface area contributed by atoms with Gasteiger partial charge in [-0.05, 0) is 38.2 Å². The van der Waals surface area contributed by atoms with Crippen molar-refractivity contribution in [3.63, 3.8) is 0 Å². The molecule has 0 amide bonds. The summed E-state index contributed by atoms with van der Waals surface area (Å²) in [6.45, 7) is 0.970. The van der Waals surface area contributed by atoms with Crippen molar-refractivity contribution in [1.82, 2.24) is 4.90 Å². The van der Waals surface area contributed by atoms with E-state index in [0.717, 1.165) is 18.5 Å². The standard InChI is InChI=1S/C11H17NO2S/c1-12(2)9-8-10-4-6-11(7-5-10)15(3,13)14/h4-7H,8-9H2,1-3H3. The maximum Gasteiger partial charge on any atom is 0.175 e. The van der Waals surface area contributed by atoms with E-state index < -0.39 is 9.84 Å². The molecule has 0 aromatic heterocycles. The molecular weight excluding hydrogens is 210 g/mol. The molecule has 0 heterocycles. The molecule has 1 rings (SSSR count). The predicted octanol–water partition coefficient (Wildman–Crippen LogP) is 1.19. The molecule has 0 bridgehead atoms. The zero-order valence-electron chi connectivity index (χ0n) is 9.40. The molecule has 0 fully saturated rings. The highest BCUT2D eigenvalue weighted by atomic mass is 32.2. The van der Waals surface area contributed by atoms with E-state index in [2.05, 4.69) is 4.90 Å². The molecule has 3 nitrogen and oxygen atoms in total. The molecule has 0 spiro atoms. The van der Waals surface area contributed by atoms with Crippen LogP contribution in [0.3, 0.4) is 0 Å². The van der Waals surface area contributed by atoms with E-state index in [1.165, 1.54) is 6.26 Å². The van der Waals surface area contributed by atoms with Gasteiger partial charge < -0.3 is 4.90 Å². The monoisotopic (exact) mass is 227 g/mol. The minimum atomic E-state index is -3.06. The van der Waals surface area contributed by atoms with Crippen LogP contribution in [0.25, 0.3) is 0 Å². The van der Waals surface area contributed by atoms with Gasteiger partial charge in [0.05, 0.1) is 4.90 Å². The molecule has 1 aromatic rings. The first-order valence-corrected chi connectivity index (χ1v) is 6.72. The molecular formula is C11H17NO2S. The van der Waals surface area contributed by atoms with E-state index in [4.69, 9.17) is 0 Å². The lowest BCUT2D eigenvalue weighted by Gasteiger charge is -2.09. The van der Waals surface area contributed by atoms with E-state index in [1.54, 1.807) is 12.1 Å². The lowest BCUT2D eigenvalue weighted by molar-refractivity contribution is 0.413. The molecule has 1 aromatic carbocycles. The second kappa shape index (κ2) is 4.77. The van der Waals surface area contributed by atoms with Crippen molar-refractivity contribution in [1.29, 1.82) is 0 Å². The molecule has 0 unspecified atom stereocenters. The van der Waals surface area contributed by atoms with Crippen molar-refractivity contribution in [3.8, 4) is 0 Å². The van der Waals surface area contributed by atoms with Gasteiger partial charge in [-0.1, -0.05) is 12.1 Å². The van der Waals surface area contributed by atoms with Gasteiger partial charge in [-0.3, -0.25) is 0 Å². The first-order chi connectivity index (χ1) is 6.89. The third-order valence-electron chi connectivity index (χ3n) is 2.20. The Morgan fingerprint density at radius 1 is 1.13 bits per heavy atom. The number of sulfone groups is 1. The average Bonchev–Trinajstić information content (AvgIpc) is 2.14. The molecule has 0 aliphatic carbocycles. The summed E-state index contributed by atoms with van der Waals surface area (Å²) >= 11 is 0. The molecule has 84 valence electrons. The van der Waals surface area contributed by atoms with Gasteiger partial charge in [0.25, 0.3) is 0 Å². The summed E-state index contributed by atoms with van der Waals surface area (Å²) in [4.78, 5) is 2.49. The van der Waals surface area contributed by atoms with Gasteiger partial charge >= 0.3 is 0 Å². The number of benzene rings is 1. The molecule has 0 saturated heterocycles. The van der Waals surface area contributed by atoms with Gasteiger partial charge in [0.2, 0.25) is 0 Å². The minimum absolute atomic E-state index is 0.385. The van der Waals surface area contributed by atoms with E-state index in [1.807, 2.05) is 26.2 Å². The molecule has 0 aliphatic heterocycles. The summed E-state index contributed by atoms with van der Waals surface area (Å²) < 4.78 is 22.4. The Morgan fingerprint density at radius 2 is 1.67 bits per heavy atom. The van der Waals surface area contributed by atoms with Crippen LogP contribution in [0.2, 0.25) is 0 Å². The average molecular weight is 227 g/mol. The Hall–Kier alpha value is -0.870. The maximum atomic E-state index is 11.2. The first kappa shape index (κ1) is 12.2. The van der Waals surface area contributed by atoms with Crippen molar-refractivity contribution in [2.24, 2.45) is 0 Å². The number of hydrogen-bond donors (Lipinski definition) is 0. The molecule has 0 saturated carbocycles. The van der Waals surface area contributed by atoms with Gasteiger partial charge in [0.1, 0.15) is 0 Å². The number of hydrogen-bond acceptors (Lipinski definition) is 3. The topological polar surface area (TPSA) is 37.4 Å². The van der Waals surface area contributed by atoms with Gasteiger partial charge in [0.15, 0.2) is 9.84 Å². The van der Waals surface area contributed by atoms with Crippen LogP contribution in [0.4, 0.5) is 0 Å². The highest BCUT2D eigenvalue weighted by molar-refractivity contribution is 7.90. The largest absolute Gasteiger partial charge is 0.309 e. The summed E-state index contributed by atoms with van der Waals surface area (Å²) in [5.41, 5.74) is 1.16. The van der Waals surface area contributed by atoms with Crippen LogP contribution >= 0.6 is 0 Å². The third-order valence-corrected chi connectivity index (χ3v) is 3.33. The van der Waals surface area contributed by atoms with Crippen LogP contribution < -0.4 is 0 Å². The Bertz CT molecular complexity index is 407. The van der Waals surface area contributed by atoms with Crippen LogP contribution in [-0.4, -0.2) is 40.2 Å². The zero-order valence-corrected chi connectivity index (χ0v) is 10.2. The summed E-state index contributed by atoms with van der Waals surface area (Å²) in [5.74, 6) is 0. The quantitative estimate of drug-likeness (QED) is 0.775. The van der Waals surface area contributed by atoms with E-state index in [0.29, 0.717) is 4.90 Å². The number of nitrogens with zero attached hydrogens (tertiary/aromatic N) is 1. The van der Waals surface area contributed by atoms with Crippen molar-refractivity contribution < 1.29 is 8.42 Å². The molecule has 15 heavy (non-hydrogen) atoms. The maximum absolute atomic E-state index is 11.2. The Morgan fingerprint density at radius 3 is 2.07 bits per heavy atom. The van der Waals surface area contributed by atoms with Crippen LogP contribution in [0.15, 0.2) is 29.2 Å². The Labute approximate surface area is 91.6 Å². The molecule has 0 N–H and O–H groups in total. The zero-order chi connectivity index (χ0) is 11.5. The lowest BCUT2D eigenvalue weighted by Crippen LogP contribution is -2.15. The van der Waals surface area contributed by atoms with Crippen molar-refractivity contribution in [3.05, 3.63) is 29.8 Å². The number of likely N-dealkylation sites (N-methyl/N-ethyl adjacent to an activating group) is 1. The second-order valence-corrected chi connectivity index (χ2v) is 5.99. The normalized spacial score (nSPS) is 12.0. The van der Waals surface area contributed by atoms with Crippen LogP contribution in [0.1, 0.15) is 5.56 Å². The van der Waals surface area contributed by atoms with Gasteiger partial charge in [-0.2, -0.15) is 0 Å². The molecule has 0 atom stereocenters.